The van der Waals surface area contributed by atoms with Gasteiger partial charge in [0.15, 0.2) is 0 Å². The molecule has 0 unspecified atom stereocenters. The summed E-state index contributed by atoms with van der Waals surface area (Å²) in [6.45, 7) is 9.29. The van der Waals surface area contributed by atoms with Crippen molar-refractivity contribution in [3.05, 3.63) is 29.3 Å². The fraction of sp³-hybridized carbons (Fsp3) is 0.500. The molecule has 0 aliphatic carbocycles. The summed E-state index contributed by atoms with van der Waals surface area (Å²) < 4.78 is 0. The van der Waals surface area contributed by atoms with E-state index in [4.69, 9.17) is 5.73 Å². The number of hydrogen-bond acceptors (Lipinski definition) is 3. The third kappa shape index (κ3) is 2.34. The SMILES string of the molecule is Cc1cc(N2CCNCC2(C)C)ccc1C(N)=O. The van der Waals surface area contributed by atoms with Crippen LogP contribution in [0.15, 0.2) is 18.2 Å². The maximum Gasteiger partial charge on any atom is 0.248 e. The Bertz CT molecular complexity index is 468. The van der Waals surface area contributed by atoms with Crippen LogP contribution < -0.4 is 16.0 Å². The summed E-state index contributed by atoms with van der Waals surface area (Å²) in [4.78, 5) is 13.6. The van der Waals surface area contributed by atoms with Crippen molar-refractivity contribution >= 4 is 11.6 Å². The minimum absolute atomic E-state index is 0.0823. The number of anilines is 1. The molecule has 98 valence electrons. The summed E-state index contributed by atoms with van der Waals surface area (Å²) >= 11 is 0. The third-order valence-corrected chi connectivity index (χ3v) is 3.59. The van der Waals surface area contributed by atoms with Crippen LogP contribution >= 0.6 is 0 Å². The maximum absolute atomic E-state index is 11.2. The quantitative estimate of drug-likeness (QED) is 0.827. The van der Waals surface area contributed by atoms with Crippen molar-refractivity contribution in [1.82, 2.24) is 5.32 Å². The van der Waals surface area contributed by atoms with E-state index in [1.54, 1.807) is 0 Å². The predicted octanol–water partition coefficient (Wildman–Crippen LogP) is 1.28. The minimum Gasteiger partial charge on any atom is -0.366 e. The lowest BCUT2D eigenvalue weighted by Crippen LogP contribution is -2.58. The van der Waals surface area contributed by atoms with Crippen LogP contribution in [-0.2, 0) is 0 Å². The van der Waals surface area contributed by atoms with Crippen molar-refractivity contribution in [2.24, 2.45) is 5.73 Å². The first kappa shape index (κ1) is 12.9. The Labute approximate surface area is 108 Å². The largest absolute Gasteiger partial charge is 0.366 e. The zero-order chi connectivity index (χ0) is 13.3. The van der Waals surface area contributed by atoms with Gasteiger partial charge in [-0.15, -0.1) is 0 Å². The minimum atomic E-state index is -0.362. The molecule has 1 aromatic rings. The van der Waals surface area contributed by atoms with Gasteiger partial charge in [-0.05, 0) is 44.5 Å². The molecule has 1 fully saturated rings. The lowest BCUT2D eigenvalue weighted by atomic mass is 9.98. The number of carbonyl (C=O) groups excluding carboxylic acids is 1. The summed E-state index contributed by atoms with van der Waals surface area (Å²) in [7, 11) is 0. The molecule has 0 spiro atoms. The molecule has 1 heterocycles. The molecule has 1 aliphatic heterocycles. The van der Waals surface area contributed by atoms with Crippen molar-refractivity contribution in [3.8, 4) is 0 Å². The first-order chi connectivity index (χ1) is 8.42. The highest BCUT2D eigenvalue weighted by Crippen LogP contribution is 2.27. The molecular formula is C14H21N3O. The highest BCUT2D eigenvalue weighted by Gasteiger charge is 2.29. The first-order valence-electron chi connectivity index (χ1n) is 6.30. The van der Waals surface area contributed by atoms with Gasteiger partial charge in [0.1, 0.15) is 0 Å². The first-order valence-corrected chi connectivity index (χ1v) is 6.30. The number of benzene rings is 1. The summed E-state index contributed by atoms with van der Waals surface area (Å²) in [5.74, 6) is -0.362. The zero-order valence-corrected chi connectivity index (χ0v) is 11.3. The van der Waals surface area contributed by atoms with Crippen LogP contribution in [0.5, 0.6) is 0 Å². The van der Waals surface area contributed by atoms with Crippen molar-refractivity contribution in [3.63, 3.8) is 0 Å². The lowest BCUT2D eigenvalue weighted by Gasteiger charge is -2.44. The van der Waals surface area contributed by atoms with Crippen LogP contribution in [0, 0.1) is 6.92 Å². The number of aryl methyl sites for hydroxylation is 1. The van der Waals surface area contributed by atoms with Crippen LogP contribution in [0.3, 0.4) is 0 Å². The van der Waals surface area contributed by atoms with Crippen molar-refractivity contribution < 1.29 is 4.79 Å². The molecule has 0 bridgehead atoms. The smallest absolute Gasteiger partial charge is 0.248 e. The number of carbonyl (C=O) groups is 1. The van der Waals surface area contributed by atoms with Gasteiger partial charge >= 0.3 is 0 Å². The molecule has 0 radical (unpaired) electrons. The van der Waals surface area contributed by atoms with Gasteiger partial charge in [-0.25, -0.2) is 0 Å². The number of amides is 1. The Morgan fingerprint density at radius 1 is 1.44 bits per heavy atom. The molecule has 3 N–H and O–H groups in total. The van der Waals surface area contributed by atoms with E-state index in [9.17, 15) is 4.79 Å². The summed E-state index contributed by atoms with van der Waals surface area (Å²) in [6.07, 6.45) is 0. The number of nitrogens with two attached hydrogens (primary N) is 1. The Hall–Kier alpha value is -1.55. The topological polar surface area (TPSA) is 58.4 Å². The molecule has 0 aromatic heterocycles. The number of primary amides is 1. The van der Waals surface area contributed by atoms with Gasteiger partial charge in [0.05, 0.1) is 0 Å². The normalized spacial score (nSPS) is 18.7. The van der Waals surface area contributed by atoms with Crippen LogP contribution in [-0.4, -0.2) is 31.1 Å². The second kappa shape index (κ2) is 4.61. The molecule has 1 amide bonds. The van der Waals surface area contributed by atoms with E-state index in [0.29, 0.717) is 5.56 Å². The Morgan fingerprint density at radius 3 is 2.72 bits per heavy atom. The van der Waals surface area contributed by atoms with Gasteiger partial charge in [-0.2, -0.15) is 0 Å². The van der Waals surface area contributed by atoms with E-state index >= 15 is 0 Å². The summed E-state index contributed by atoms with van der Waals surface area (Å²) in [5, 5.41) is 3.40. The van der Waals surface area contributed by atoms with Crippen LogP contribution in [0.4, 0.5) is 5.69 Å². The summed E-state index contributed by atoms with van der Waals surface area (Å²) in [5.41, 5.74) is 8.12. The molecule has 0 atom stereocenters. The van der Waals surface area contributed by atoms with Crippen LogP contribution in [0.2, 0.25) is 0 Å². The van der Waals surface area contributed by atoms with E-state index in [2.05, 4.69) is 24.1 Å². The van der Waals surface area contributed by atoms with Crippen molar-refractivity contribution in [2.75, 3.05) is 24.5 Å². The molecule has 4 heteroatoms. The number of rotatable bonds is 2. The number of piperazine rings is 1. The third-order valence-electron chi connectivity index (χ3n) is 3.59. The number of nitrogens with one attached hydrogen (secondary N) is 1. The van der Waals surface area contributed by atoms with Crippen LogP contribution in [0.25, 0.3) is 0 Å². The number of nitrogens with zero attached hydrogens (tertiary/aromatic N) is 1. The standard InChI is InChI=1S/C14H21N3O/c1-10-8-11(4-5-12(10)13(15)18)17-7-6-16-9-14(17,2)3/h4-5,8,16H,6-7,9H2,1-3H3,(H2,15,18). The zero-order valence-electron chi connectivity index (χ0n) is 11.3. The Morgan fingerprint density at radius 2 is 2.17 bits per heavy atom. The van der Waals surface area contributed by atoms with Gasteiger partial charge in [-0.3, -0.25) is 4.79 Å². The van der Waals surface area contributed by atoms with Gasteiger partial charge in [-0.1, -0.05) is 0 Å². The molecule has 1 aliphatic rings. The monoisotopic (exact) mass is 247 g/mol. The highest BCUT2D eigenvalue weighted by molar-refractivity contribution is 5.94. The molecule has 4 nitrogen and oxygen atoms in total. The van der Waals surface area contributed by atoms with E-state index < -0.39 is 0 Å². The van der Waals surface area contributed by atoms with Crippen molar-refractivity contribution in [2.45, 2.75) is 26.3 Å². The molecule has 1 saturated heterocycles. The average molecular weight is 247 g/mol. The second-order valence-corrected chi connectivity index (χ2v) is 5.50. The molecular weight excluding hydrogens is 226 g/mol. The van der Waals surface area contributed by atoms with Crippen LogP contribution in [0.1, 0.15) is 29.8 Å². The average Bonchev–Trinajstić information content (AvgIpc) is 2.27. The molecule has 2 rings (SSSR count). The highest BCUT2D eigenvalue weighted by atomic mass is 16.1. The lowest BCUT2D eigenvalue weighted by molar-refractivity contribution is 0.1000. The molecule has 18 heavy (non-hydrogen) atoms. The summed E-state index contributed by atoms with van der Waals surface area (Å²) in [6, 6.07) is 5.86. The van der Waals surface area contributed by atoms with Gasteiger partial charge in [0.25, 0.3) is 0 Å². The van der Waals surface area contributed by atoms with E-state index in [-0.39, 0.29) is 11.4 Å². The fourth-order valence-corrected chi connectivity index (χ4v) is 2.55. The number of hydrogen-bond donors (Lipinski definition) is 2. The Kier molecular flexibility index (Phi) is 3.30. The molecule has 1 aromatic carbocycles. The van der Waals surface area contributed by atoms with Gasteiger partial charge < -0.3 is 16.0 Å². The molecule has 0 saturated carbocycles. The second-order valence-electron chi connectivity index (χ2n) is 5.50. The van der Waals surface area contributed by atoms with Crippen molar-refractivity contribution in [1.29, 1.82) is 0 Å². The fourth-order valence-electron chi connectivity index (χ4n) is 2.55. The van der Waals surface area contributed by atoms with E-state index in [1.807, 2.05) is 25.1 Å². The Balaban J connectivity index is 2.34. The van der Waals surface area contributed by atoms with E-state index in [0.717, 1.165) is 30.9 Å². The van der Waals surface area contributed by atoms with E-state index in [1.165, 1.54) is 0 Å². The van der Waals surface area contributed by atoms with Gasteiger partial charge in [0.2, 0.25) is 5.91 Å². The maximum atomic E-state index is 11.2. The predicted molar refractivity (Wildman–Crippen MR) is 74.0 cm³/mol. The van der Waals surface area contributed by atoms with Gasteiger partial charge in [0, 0.05) is 36.4 Å².